The first kappa shape index (κ1) is 15.7. The molecule has 0 aliphatic heterocycles. The number of hydrogen-bond donors (Lipinski definition) is 2. The van der Waals surface area contributed by atoms with Crippen LogP contribution in [0.5, 0.6) is 0 Å². The fourth-order valence-electron chi connectivity index (χ4n) is 1.67. The van der Waals surface area contributed by atoms with Crippen molar-refractivity contribution in [2.24, 2.45) is 0 Å². The molecule has 1 aromatic rings. The van der Waals surface area contributed by atoms with Gasteiger partial charge < -0.3 is 19.7 Å². The zero-order valence-electron chi connectivity index (χ0n) is 12.0. The Balaban J connectivity index is 2.09. The van der Waals surface area contributed by atoms with Gasteiger partial charge in [0.2, 0.25) is 5.76 Å². The Bertz CT molecular complexity index is 388. The van der Waals surface area contributed by atoms with Crippen LogP contribution in [-0.4, -0.2) is 42.2 Å². The number of carboxylic acid groups (broad SMARTS) is 1. The molecule has 0 saturated carbocycles. The standard InChI is InChI=1S/C14H24N2O3/c1-11(2)16(3)9-5-4-8-15-10-12-6-7-13(19-12)14(17)18/h6-7,11,15H,4-5,8-10H2,1-3H3,(H,17,18). The molecular formula is C14H24N2O3. The molecule has 0 aliphatic rings. The number of carboxylic acids is 1. The molecule has 0 spiro atoms. The van der Waals surface area contributed by atoms with Gasteiger partial charge in [0.15, 0.2) is 0 Å². The summed E-state index contributed by atoms with van der Waals surface area (Å²) in [6, 6.07) is 3.77. The van der Waals surface area contributed by atoms with Crippen molar-refractivity contribution in [1.29, 1.82) is 0 Å². The number of nitrogens with one attached hydrogen (secondary N) is 1. The van der Waals surface area contributed by atoms with Gasteiger partial charge in [-0.15, -0.1) is 0 Å². The largest absolute Gasteiger partial charge is 0.475 e. The van der Waals surface area contributed by atoms with Gasteiger partial charge in [-0.05, 0) is 59.0 Å². The Hall–Kier alpha value is -1.33. The number of rotatable bonds is 9. The minimum Gasteiger partial charge on any atom is -0.475 e. The second kappa shape index (κ2) is 7.96. The topological polar surface area (TPSA) is 65.7 Å². The van der Waals surface area contributed by atoms with Gasteiger partial charge in [0.05, 0.1) is 6.54 Å². The van der Waals surface area contributed by atoms with Crippen molar-refractivity contribution < 1.29 is 14.3 Å². The van der Waals surface area contributed by atoms with E-state index in [-0.39, 0.29) is 5.76 Å². The maximum atomic E-state index is 10.6. The summed E-state index contributed by atoms with van der Waals surface area (Å²) >= 11 is 0. The van der Waals surface area contributed by atoms with Crippen molar-refractivity contribution in [3.8, 4) is 0 Å². The zero-order valence-corrected chi connectivity index (χ0v) is 12.0. The normalized spacial score (nSPS) is 11.4. The Morgan fingerprint density at radius 3 is 2.74 bits per heavy atom. The van der Waals surface area contributed by atoms with Crippen LogP contribution in [0.15, 0.2) is 16.5 Å². The van der Waals surface area contributed by atoms with E-state index in [0.717, 1.165) is 25.9 Å². The summed E-state index contributed by atoms with van der Waals surface area (Å²) < 4.78 is 5.15. The SMILES string of the molecule is CC(C)N(C)CCCCNCc1ccc(C(=O)O)o1. The molecular weight excluding hydrogens is 244 g/mol. The highest BCUT2D eigenvalue weighted by molar-refractivity contribution is 5.84. The predicted octanol–water partition coefficient (Wildman–Crippen LogP) is 2.19. The molecule has 0 aromatic carbocycles. The molecule has 0 unspecified atom stereocenters. The van der Waals surface area contributed by atoms with Gasteiger partial charge in [0, 0.05) is 6.04 Å². The van der Waals surface area contributed by atoms with Crippen LogP contribution in [0.3, 0.4) is 0 Å². The average Bonchev–Trinajstić information content (AvgIpc) is 2.82. The number of hydrogen-bond acceptors (Lipinski definition) is 4. The minimum atomic E-state index is -1.03. The van der Waals surface area contributed by atoms with Crippen molar-refractivity contribution >= 4 is 5.97 Å². The first-order valence-electron chi connectivity index (χ1n) is 6.73. The highest BCUT2D eigenvalue weighted by Crippen LogP contribution is 2.07. The molecule has 1 rings (SSSR count). The first-order chi connectivity index (χ1) is 9.00. The lowest BCUT2D eigenvalue weighted by Gasteiger charge is -2.20. The lowest BCUT2D eigenvalue weighted by atomic mass is 10.2. The molecule has 5 heteroatoms. The number of nitrogens with zero attached hydrogens (tertiary/aromatic N) is 1. The second-order valence-electron chi connectivity index (χ2n) is 5.03. The summed E-state index contributed by atoms with van der Waals surface area (Å²) in [5.41, 5.74) is 0. The van der Waals surface area contributed by atoms with Gasteiger partial charge in [-0.2, -0.15) is 0 Å². The number of carbonyl (C=O) groups is 1. The van der Waals surface area contributed by atoms with E-state index in [2.05, 4.69) is 31.1 Å². The molecule has 2 N–H and O–H groups in total. The number of unbranched alkanes of at least 4 members (excludes halogenated alkanes) is 1. The molecule has 1 aromatic heterocycles. The van der Waals surface area contributed by atoms with Gasteiger partial charge in [-0.3, -0.25) is 0 Å². The smallest absolute Gasteiger partial charge is 0.371 e. The van der Waals surface area contributed by atoms with Crippen molar-refractivity contribution in [2.75, 3.05) is 20.1 Å². The molecule has 19 heavy (non-hydrogen) atoms. The van der Waals surface area contributed by atoms with Crippen LogP contribution < -0.4 is 5.32 Å². The van der Waals surface area contributed by atoms with E-state index in [1.807, 2.05) is 0 Å². The molecule has 5 nitrogen and oxygen atoms in total. The van der Waals surface area contributed by atoms with E-state index in [4.69, 9.17) is 9.52 Å². The zero-order chi connectivity index (χ0) is 14.3. The van der Waals surface area contributed by atoms with Crippen molar-refractivity contribution in [3.63, 3.8) is 0 Å². The van der Waals surface area contributed by atoms with Crippen LogP contribution in [0.4, 0.5) is 0 Å². The summed E-state index contributed by atoms with van der Waals surface area (Å²) in [7, 11) is 2.13. The van der Waals surface area contributed by atoms with Gasteiger partial charge in [0.1, 0.15) is 5.76 Å². The minimum absolute atomic E-state index is 0.00430. The highest BCUT2D eigenvalue weighted by Gasteiger charge is 2.08. The van der Waals surface area contributed by atoms with Gasteiger partial charge in [0.25, 0.3) is 0 Å². The van der Waals surface area contributed by atoms with Gasteiger partial charge in [-0.1, -0.05) is 0 Å². The molecule has 108 valence electrons. The first-order valence-corrected chi connectivity index (χ1v) is 6.73. The molecule has 0 amide bonds. The Kier molecular flexibility index (Phi) is 6.59. The highest BCUT2D eigenvalue weighted by atomic mass is 16.4. The fourth-order valence-corrected chi connectivity index (χ4v) is 1.67. The molecule has 0 radical (unpaired) electrons. The van der Waals surface area contributed by atoms with Crippen LogP contribution in [0.1, 0.15) is 43.0 Å². The molecule has 0 bridgehead atoms. The quantitative estimate of drug-likeness (QED) is 0.672. The third-order valence-electron chi connectivity index (χ3n) is 3.17. The van der Waals surface area contributed by atoms with Gasteiger partial charge in [-0.25, -0.2) is 4.79 Å². The van der Waals surface area contributed by atoms with Crippen LogP contribution >= 0.6 is 0 Å². The summed E-state index contributed by atoms with van der Waals surface area (Å²) in [5.74, 6) is -0.366. The molecule has 1 heterocycles. The fraction of sp³-hybridized carbons (Fsp3) is 0.643. The van der Waals surface area contributed by atoms with Crippen molar-refractivity contribution in [1.82, 2.24) is 10.2 Å². The maximum absolute atomic E-state index is 10.6. The van der Waals surface area contributed by atoms with E-state index < -0.39 is 5.97 Å². The van der Waals surface area contributed by atoms with Crippen LogP contribution in [0.2, 0.25) is 0 Å². The second-order valence-corrected chi connectivity index (χ2v) is 5.03. The van der Waals surface area contributed by atoms with Crippen LogP contribution in [0, 0.1) is 0 Å². The molecule has 0 saturated heterocycles. The Morgan fingerprint density at radius 2 is 2.16 bits per heavy atom. The van der Waals surface area contributed by atoms with E-state index in [9.17, 15) is 4.79 Å². The lowest BCUT2D eigenvalue weighted by molar-refractivity contribution is 0.0660. The Labute approximate surface area is 114 Å². The molecule has 0 fully saturated rings. The molecule has 0 atom stereocenters. The monoisotopic (exact) mass is 268 g/mol. The van der Waals surface area contributed by atoms with Gasteiger partial charge >= 0.3 is 5.97 Å². The average molecular weight is 268 g/mol. The van der Waals surface area contributed by atoms with Crippen molar-refractivity contribution in [3.05, 3.63) is 23.7 Å². The summed E-state index contributed by atoms with van der Waals surface area (Å²) in [4.78, 5) is 13.0. The number of furan rings is 1. The van der Waals surface area contributed by atoms with E-state index in [0.29, 0.717) is 18.3 Å². The van der Waals surface area contributed by atoms with E-state index >= 15 is 0 Å². The maximum Gasteiger partial charge on any atom is 0.371 e. The summed E-state index contributed by atoms with van der Waals surface area (Å²) in [6.07, 6.45) is 2.25. The third-order valence-corrected chi connectivity index (χ3v) is 3.17. The summed E-state index contributed by atoms with van der Waals surface area (Å²) in [6.45, 7) is 6.97. The number of aromatic carboxylic acids is 1. The predicted molar refractivity (Wildman–Crippen MR) is 74.4 cm³/mol. The molecule has 0 aliphatic carbocycles. The third kappa shape index (κ3) is 5.89. The van der Waals surface area contributed by atoms with Crippen LogP contribution in [-0.2, 0) is 6.54 Å². The lowest BCUT2D eigenvalue weighted by Crippen LogP contribution is -2.27. The van der Waals surface area contributed by atoms with Crippen molar-refractivity contribution in [2.45, 2.75) is 39.3 Å². The van der Waals surface area contributed by atoms with Crippen LogP contribution in [0.25, 0.3) is 0 Å². The van der Waals surface area contributed by atoms with E-state index in [1.165, 1.54) is 6.07 Å². The summed E-state index contributed by atoms with van der Waals surface area (Å²) in [5, 5.41) is 12.0. The Morgan fingerprint density at radius 1 is 1.42 bits per heavy atom. The van der Waals surface area contributed by atoms with E-state index in [1.54, 1.807) is 6.07 Å².